The second kappa shape index (κ2) is 7.52. The van der Waals surface area contributed by atoms with E-state index in [0.29, 0.717) is 33.1 Å². The molecule has 0 aliphatic rings. The number of nitrogens with one attached hydrogen (secondary N) is 2. The zero-order valence-corrected chi connectivity index (χ0v) is 17.7. The third-order valence-electron chi connectivity index (χ3n) is 5.33. The first kappa shape index (κ1) is 19.3. The van der Waals surface area contributed by atoms with Gasteiger partial charge in [0.05, 0.1) is 23.3 Å². The lowest BCUT2D eigenvalue weighted by atomic mass is 10.1. The molecule has 8 heteroatoms. The van der Waals surface area contributed by atoms with Crippen molar-refractivity contribution in [1.29, 1.82) is 0 Å². The van der Waals surface area contributed by atoms with Crippen molar-refractivity contribution < 1.29 is 4.79 Å². The van der Waals surface area contributed by atoms with Gasteiger partial charge in [0.1, 0.15) is 16.9 Å². The molecule has 1 atom stereocenters. The van der Waals surface area contributed by atoms with Crippen molar-refractivity contribution in [3.8, 4) is 11.4 Å². The molecule has 3 heterocycles. The first-order valence-corrected chi connectivity index (χ1v) is 10.2. The molecule has 154 valence electrons. The largest absolute Gasteiger partial charge is 0.345 e. The molecule has 5 aromatic rings. The SMILES string of the molecule is CC(NC(=O)c1c[nH]c2ncc(-c3nn(C)c4cc(Cl)ccc34)nc12)c1ccccc1. The van der Waals surface area contributed by atoms with Crippen LogP contribution in [0.5, 0.6) is 0 Å². The van der Waals surface area contributed by atoms with Gasteiger partial charge in [-0.2, -0.15) is 5.10 Å². The van der Waals surface area contributed by atoms with Gasteiger partial charge >= 0.3 is 0 Å². The molecule has 2 N–H and O–H groups in total. The summed E-state index contributed by atoms with van der Waals surface area (Å²) in [5.41, 5.74) is 4.69. The smallest absolute Gasteiger partial charge is 0.255 e. The number of benzene rings is 2. The highest BCUT2D eigenvalue weighted by molar-refractivity contribution is 6.31. The standard InChI is InChI=1S/C23H19ClN6O/c1-13(14-6-4-3-5-7-14)27-23(31)17-11-25-22-21(17)28-18(12-26-22)20-16-9-8-15(24)10-19(16)30(2)29-20/h3-13H,1-2H3,(H,25,26)(H,27,31). The van der Waals surface area contributed by atoms with E-state index in [0.717, 1.165) is 16.5 Å². The second-order valence-electron chi connectivity index (χ2n) is 7.39. The third-order valence-corrected chi connectivity index (χ3v) is 5.56. The molecule has 3 aromatic heterocycles. The molecule has 2 aromatic carbocycles. The molecule has 5 rings (SSSR count). The Morgan fingerprint density at radius 2 is 2.00 bits per heavy atom. The lowest BCUT2D eigenvalue weighted by molar-refractivity contribution is 0.0941. The van der Waals surface area contributed by atoms with Crippen LogP contribution in [0.25, 0.3) is 33.5 Å². The molecule has 1 unspecified atom stereocenters. The van der Waals surface area contributed by atoms with Crippen LogP contribution in [0.2, 0.25) is 5.02 Å². The van der Waals surface area contributed by atoms with Crippen molar-refractivity contribution in [2.45, 2.75) is 13.0 Å². The summed E-state index contributed by atoms with van der Waals surface area (Å²) in [4.78, 5) is 25.2. The van der Waals surface area contributed by atoms with Crippen LogP contribution in [0.3, 0.4) is 0 Å². The summed E-state index contributed by atoms with van der Waals surface area (Å²) in [5.74, 6) is -0.216. The number of nitrogens with zero attached hydrogens (tertiary/aromatic N) is 4. The monoisotopic (exact) mass is 430 g/mol. The molecular weight excluding hydrogens is 412 g/mol. The minimum Gasteiger partial charge on any atom is -0.345 e. The molecule has 7 nitrogen and oxygen atoms in total. The first-order chi connectivity index (χ1) is 15.0. The molecule has 0 aliphatic carbocycles. The quantitative estimate of drug-likeness (QED) is 0.434. The average Bonchev–Trinajstić information content (AvgIpc) is 3.35. The van der Waals surface area contributed by atoms with E-state index < -0.39 is 0 Å². The maximum Gasteiger partial charge on any atom is 0.255 e. The Morgan fingerprint density at radius 1 is 1.19 bits per heavy atom. The Morgan fingerprint density at radius 3 is 2.81 bits per heavy atom. The van der Waals surface area contributed by atoms with Crippen molar-refractivity contribution in [2.24, 2.45) is 7.05 Å². The minimum absolute atomic E-state index is 0.140. The molecular formula is C23H19ClN6O. The maximum absolute atomic E-state index is 13.0. The summed E-state index contributed by atoms with van der Waals surface area (Å²) in [6, 6.07) is 15.3. The number of halogens is 1. The number of hydrogen-bond donors (Lipinski definition) is 2. The van der Waals surface area contributed by atoms with Crippen LogP contribution in [-0.2, 0) is 7.05 Å². The Labute approximate surface area is 183 Å². The highest BCUT2D eigenvalue weighted by Crippen LogP contribution is 2.29. The fourth-order valence-electron chi connectivity index (χ4n) is 3.70. The summed E-state index contributed by atoms with van der Waals surface area (Å²) in [5, 5.41) is 9.18. The van der Waals surface area contributed by atoms with E-state index in [1.54, 1.807) is 17.1 Å². The lowest BCUT2D eigenvalue weighted by Gasteiger charge is -2.13. The molecule has 0 saturated heterocycles. The van der Waals surface area contributed by atoms with Crippen LogP contribution in [0.15, 0.2) is 60.9 Å². The Bertz CT molecular complexity index is 1420. The second-order valence-corrected chi connectivity index (χ2v) is 7.83. The molecule has 0 saturated carbocycles. The van der Waals surface area contributed by atoms with E-state index in [2.05, 4.69) is 20.4 Å². The van der Waals surface area contributed by atoms with Gasteiger partial charge in [-0.25, -0.2) is 9.97 Å². The van der Waals surface area contributed by atoms with E-state index in [1.165, 1.54) is 0 Å². The number of carbonyl (C=O) groups excluding carboxylic acids is 1. The Balaban J connectivity index is 1.53. The highest BCUT2D eigenvalue weighted by atomic mass is 35.5. The number of fused-ring (bicyclic) bond motifs is 2. The van der Waals surface area contributed by atoms with Gasteiger partial charge in [-0.05, 0) is 30.7 Å². The molecule has 31 heavy (non-hydrogen) atoms. The van der Waals surface area contributed by atoms with Crippen molar-refractivity contribution >= 4 is 39.6 Å². The molecule has 0 spiro atoms. The van der Waals surface area contributed by atoms with Gasteiger partial charge in [0.25, 0.3) is 5.91 Å². The van der Waals surface area contributed by atoms with Crippen molar-refractivity contribution in [2.75, 3.05) is 0 Å². The number of hydrogen-bond acceptors (Lipinski definition) is 4. The van der Waals surface area contributed by atoms with E-state index in [9.17, 15) is 4.79 Å². The molecule has 0 aliphatic heterocycles. The van der Waals surface area contributed by atoms with Crippen molar-refractivity contribution in [3.05, 3.63) is 77.1 Å². The van der Waals surface area contributed by atoms with Crippen molar-refractivity contribution in [3.63, 3.8) is 0 Å². The zero-order valence-electron chi connectivity index (χ0n) is 16.9. The lowest BCUT2D eigenvalue weighted by Crippen LogP contribution is -2.26. The summed E-state index contributed by atoms with van der Waals surface area (Å²) in [7, 11) is 1.86. The van der Waals surface area contributed by atoms with Crippen molar-refractivity contribution in [1.82, 2.24) is 30.0 Å². The van der Waals surface area contributed by atoms with Crippen LogP contribution < -0.4 is 5.32 Å². The number of amides is 1. The van der Waals surface area contributed by atoms with Crippen LogP contribution in [0.4, 0.5) is 0 Å². The Kier molecular flexibility index (Phi) is 4.67. The van der Waals surface area contributed by atoms with Crippen LogP contribution >= 0.6 is 11.6 Å². The summed E-state index contributed by atoms with van der Waals surface area (Å²) >= 11 is 6.13. The number of rotatable bonds is 4. The zero-order chi connectivity index (χ0) is 21.5. The fraction of sp³-hybridized carbons (Fsp3) is 0.130. The van der Waals surface area contributed by atoms with Gasteiger partial charge in [-0.1, -0.05) is 41.9 Å². The van der Waals surface area contributed by atoms with Gasteiger partial charge in [0.15, 0.2) is 5.65 Å². The number of H-pyrrole nitrogens is 1. The van der Waals surface area contributed by atoms with Gasteiger partial charge in [0, 0.05) is 23.7 Å². The maximum atomic E-state index is 13.0. The molecule has 1 amide bonds. The van der Waals surface area contributed by atoms with E-state index >= 15 is 0 Å². The number of aromatic amines is 1. The highest BCUT2D eigenvalue weighted by Gasteiger charge is 2.19. The normalized spacial score (nSPS) is 12.4. The summed E-state index contributed by atoms with van der Waals surface area (Å²) in [6.07, 6.45) is 3.29. The number of carbonyl (C=O) groups is 1. The van der Waals surface area contributed by atoms with E-state index in [1.807, 2.05) is 62.5 Å². The minimum atomic E-state index is -0.216. The fourth-order valence-corrected chi connectivity index (χ4v) is 3.86. The predicted molar refractivity (Wildman–Crippen MR) is 121 cm³/mol. The average molecular weight is 431 g/mol. The number of aryl methyl sites for hydroxylation is 1. The molecule has 0 bridgehead atoms. The van der Waals surface area contributed by atoms with Crippen LogP contribution in [0.1, 0.15) is 28.9 Å². The Hall–Kier alpha value is -3.71. The summed E-state index contributed by atoms with van der Waals surface area (Å²) < 4.78 is 1.76. The van der Waals surface area contributed by atoms with Gasteiger partial charge < -0.3 is 10.3 Å². The molecule has 0 fully saturated rings. The van der Waals surface area contributed by atoms with Gasteiger partial charge in [-0.3, -0.25) is 9.48 Å². The van der Waals surface area contributed by atoms with Crippen LogP contribution in [-0.4, -0.2) is 30.6 Å². The number of aromatic nitrogens is 5. The third kappa shape index (κ3) is 3.43. The topological polar surface area (TPSA) is 88.5 Å². The van der Waals surface area contributed by atoms with E-state index in [4.69, 9.17) is 16.6 Å². The van der Waals surface area contributed by atoms with Gasteiger partial charge in [0.2, 0.25) is 0 Å². The predicted octanol–water partition coefficient (Wildman–Crippen LogP) is 4.66. The van der Waals surface area contributed by atoms with Gasteiger partial charge in [-0.15, -0.1) is 0 Å². The van der Waals surface area contributed by atoms with Crippen LogP contribution in [0, 0.1) is 0 Å². The van der Waals surface area contributed by atoms with E-state index in [-0.39, 0.29) is 11.9 Å². The first-order valence-electron chi connectivity index (χ1n) is 9.84. The molecule has 0 radical (unpaired) electrons. The summed E-state index contributed by atoms with van der Waals surface area (Å²) in [6.45, 7) is 1.95.